The summed E-state index contributed by atoms with van der Waals surface area (Å²) in [4.78, 5) is 40.5. The first-order valence-electron chi connectivity index (χ1n) is 10.1. The molecule has 1 aliphatic carbocycles. The third kappa shape index (κ3) is 2.96. The highest BCUT2D eigenvalue weighted by Crippen LogP contribution is 2.35. The van der Waals surface area contributed by atoms with Gasteiger partial charge in [0.05, 0.1) is 11.1 Å². The Kier molecular flexibility index (Phi) is 4.48. The number of benzene rings is 3. The lowest BCUT2D eigenvalue weighted by Gasteiger charge is -2.18. The van der Waals surface area contributed by atoms with Crippen LogP contribution in [0.2, 0.25) is 0 Å². The fourth-order valence-corrected chi connectivity index (χ4v) is 4.31. The van der Waals surface area contributed by atoms with E-state index in [2.05, 4.69) is 0 Å². The molecule has 0 unspecified atom stereocenters. The topological polar surface area (TPSA) is 56.1 Å². The van der Waals surface area contributed by atoms with E-state index < -0.39 is 0 Å². The van der Waals surface area contributed by atoms with E-state index in [-0.39, 0.29) is 22.9 Å². The summed E-state index contributed by atoms with van der Waals surface area (Å²) in [5, 5.41) is 0. The highest BCUT2D eigenvalue weighted by molar-refractivity contribution is 6.32. The fraction of sp³-hybridized carbons (Fsp3) is 0.0741. The maximum absolute atomic E-state index is 13.5. The molecule has 4 nitrogen and oxygen atoms in total. The summed E-state index contributed by atoms with van der Waals surface area (Å²) in [6, 6.07) is 25.4. The van der Waals surface area contributed by atoms with Crippen LogP contribution in [0.1, 0.15) is 59.2 Å². The van der Waals surface area contributed by atoms with Gasteiger partial charge in [0, 0.05) is 28.9 Å². The first-order valence-corrected chi connectivity index (χ1v) is 10.1. The van der Waals surface area contributed by atoms with Gasteiger partial charge in [-0.25, -0.2) is 0 Å². The Morgan fingerprint density at radius 3 is 1.94 bits per heavy atom. The van der Waals surface area contributed by atoms with Crippen molar-refractivity contribution in [3.8, 4) is 0 Å². The molecular weight excluding hydrogens is 386 g/mol. The van der Waals surface area contributed by atoms with E-state index in [1.807, 2.05) is 47.9 Å². The van der Waals surface area contributed by atoms with Gasteiger partial charge in [-0.1, -0.05) is 84.9 Å². The first-order chi connectivity index (χ1) is 15.1. The Morgan fingerprint density at radius 1 is 0.742 bits per heavy atom. The zero-order chi connectivity index (χ0) is 21.5. The molecule has 0 atom stereocenters. The molecule has 4 heteroatoms. The van der Waals surface area contributed by atoms with Gasteiger partial charge < -0.3 is 4.57 Å². The van der Waals surface area contributed by atoms with E-state index in [0.29, 0.717) is 40.2 Å². The molecule has 3 aromatic carbocycles. The summed E-state index contributed by atoms with van der Waals surface area (Å²) >= 11 is 0. The molecule has 4 aromatic rings. The monoisotopic (exact) mass is 405 g/mol. The van der Waals surface area contributed by atoms with E-state index in [1.165, 1.54) is 0 Å². The summed E-state index contributed by atoms with van der Waals surface area (Å²) in [6.07, 6.45) is 0. The number of ketones is 3. The smallest absolute Gasteiger partial charge is 0.210 e. The maximum Gasteiger partial charge on any atom is 0.210 e. The Bertz CT molecular complexity index is 1340. The van der Waals surface area contributed by atoms with Crippen LogP contribution in [0.4, 0.5) is 0 Å². The van der Waals surface area contributed by atoms with Gasteiger partial charge in [0.15, 0.2) is 11.6 Å². The average molecular weight is 405 g/mol. The standard InChI is InChI=1S/C27H19NO3/c1-17-22(25(29)19-12-6-3-7-13-19)23-24(28(17)16-18-10-4-2-5-11-18)27(31)21-15-9-8-14-20(21)26(23)30/h2-15H,16H2,1H3. The quantitative estimate of drug-likeness (QED) is 0.402. The Labute approximate surface area is 179 Å². The Morgan fingerprint density at radius 2 is 1.29 bits per heavy atom. The molecule has 0 amide bonds. The lowest BCUT2D eigenvalue weighted by Crippen LogP contribution is -2.24. The first kappa shape index (κ1) is 18.9. The number of rotatable bonds is 4. The number of fused-ring (bicyclic) bond motifs is 2. The predicted octanol–water partition coefficient (Wildman–Crippen LogP) is 4.85. The summed E-state index contributed by atoms with van der Waals surface area (Å²) in [5.74, 6) is -0.752. The van der Waals surface area contributed by atoms with Crippen LogP contribution in [-0.2, 0) is 6.54 Å². The van der Waals surface area contributed by atoms with Gasteiger partial charge in [-0.15, -0.1) is 0 Å². The maximum atomic E-state index is 13.5. The number of carbonyl (C=O) groups excluding carboxylic acids is 3. The van der Waals surface area contributed by atoms with Crippen LogP contribution in [0.3, 0.4) is 0 Å². The summed E-state index contributed by atoms with van der Waals surface area (Å²) < 4.78 is 1.82. The van der Waals surface area contributed by atoms with Crippen LogP contribution in [0, 0.1) is 6.92 Å². The van der Waals surface area contributed by atoms with Crippen LogP contribution < -0.4 is 0 Å². The van der Waals surface area contributed by atoms with Crippen LogP contribution in [0.25, 0.3) is 0 Å². The second kappa shape index (κ2) is 7.33. The molecule has 1 heterocycles. The lowest BCUT2D eigenvalue weighted by atomic mass is 9.84. The average Bonchev–Trinajstić information content (AvgIpc) is 3.10. The predicted molar refractivity (Wildman–Crippen MR) is 118 cm³/mol. The molecule has 150 valence electrons. The van der Waals surface area contributed by atoms with Gasteiger partial charge in [-0.05, 0) is 12.5 Å². The molecular formula is C27H19NO3. The summed E-state index contributed by atoms with van der Waals surface area (Å²) in [6.45, 7) is 2.21. The highest BCUT2D eigenvalue weighted by atomic mass is 16.1. The molecule has 0 radical (unpaired) electrons. The van der Waals surface area contributed by atoms with Crippen molar-refractivity contribution in [2.24, 2.45) is 0 Å². The number of carbonyl (C=O) groups is 3. The second-order valence-corrected chi connectivity index (χ2v) is 7.65. The SMILES string of the molecule is Cc1c(C(=O)c2ccccc2)c2c(n1Cc1ccccc1)C(=O)c1ccccc1C2=O. The van der Waals surface area contributed by atoms with Crippen LogP contribution in [-0.4, -0.2) is 21.9 Å². The number of nitrogens with zero attached hydrogens (tertiary/aromatic N) is 1. The van der Waals surface area contributed by atoms with E-state index in [9.17, 15) is 14.4 Å². The Hall–Kier alpha value is -4.05. The van der Waals surface area contributed by atoms with Crippen molar-refractivity contribution in [3.63, 3.8) is 0 Å². The van der Waals surface area contributed by atoms with Crippen molar-refractivity contribution in [2.75, 3.05) is 0 Å². The molecule has 31 heavy (non-hydrogen) atoms. The molecule has 0 saturated carbocycles. The van der Waals surface area contributed by atoms with Gasteiger partial charge in [0.1, 0.15) is 5.69 Å². The fourth-order valence-electron chi connectivity index (χ4n) is 4.31. The van der Waals surface area contributed by atoms with Gasteiger partial charge >= 0.3 is 0 Å². The molecule has 0 bridgehead atoms. The number of hydrogen-bond donors (Lipinski definition) is 0. The van der Waals surface area contributed by atoms with Crippen molar-refractivity contribution in [3.05, 3.63) is 130 Å². The second-order valence-electron chi connectivity index (χ2n) is 7.65. The van der Waals surface area contributed by atoms with Gasteiger partial charge in [0.2, 0.25) is 5.78 Å². The minimum Gasteiger partial charge on any atom is -0.336 e. The zero-order valence-electron chi connectivity index (χ0n) is 17.0. The molecule has 5 rings (SSSR count). The van der Waals surface area contributed by atoms with Crippen molar-refractivity contribution in [1.82, 2.24) is 4.57 Å². The van der Waals surface area contributed by atoms with Crippen molar-refractivity contribution in [1.29, 1.82) is 0 Å². The summed E-state index contributed by atoms with van der Waals surface area (Å²) in [5.41, 5.74) is 3.65. The zero-order valence-corrected chi connectivity index (χ0v) is 17.0. The number of aromatic nitrogens is 1. The molecule has 0 spiro atoms. The van der Waals surface area contributed by atoms with Crippen LogP contribution >= 0.6 is 0 Å². The van der Waals surface area contributed by atoms with Crippen LogP contribution in [0.15, 0.2) is 84.9 Å². The largest absolute Gasteiger partial charge is 0.336 e. The Balaban J connectivity index is 1.77. The minimum absolute atomic E-state index is 0.214. The molecule has 0 fully saturated rings. The van der Waals surface area contributed by atoms with Gasteiger partial charge in [0.25, 0.3) is 0 Å². The lowest BCUT2D eigenvalue weighted by molar-refractivity contribution is 0.0968. The van der Waals surface area contributed by atoms with Crippen molar-refractivity contribution >= 4 is 17.3 Å². The van der Waals surface area contributed by atoms with Crippen LogP contribution in [0.5, 0.6) is 0 Å². The van der Waals surface area contributed by atoms with E-state index in [0.717, 1.165) is 5.56 Å². The highest BCUT2D eigenvalue weighted by Gasteiger charge is 2.38. The van der Waals surface area contributed by atoms with Gasteiger partial charge in [-0.2, -0.15) is 0 Å². The summed E-state index contributed by atoms with van der Waals surface area (Å²) in [7, 11) is 0. The van der Waals surface area contributed by atoms with E-state index in [4.69, 9.17) is 0 Å². The van der Waals surface area contributed by atoms with Crippen molar-refractivity contribution in [2.45, 2.75) is 13.5 Å². The third-order valence-electron chi connectivity index (χ3n) is 5.83. The third-order valence-corrected chi connectivity index (χ3v) is 5.83. The molecule has 0 saturated heterocycles. The molecule has 1 aromatic heterocycles. The molecule has 1 aliphatic rings. The normalized spacial score (nSPS) is 12.4. The van der Waals surface area contributed by atoms with Crippen molar-refractivity contribution < 1.29 is 14.4 Å². The van der Waals surface area contributed by atoms with E-state index >= 15 is 0 Å². The van der Waals surface area contributed by atoms with Gasteiger partial charge in [-0.3, -0.25) is 14.4 Å². The molecule has 0 aliphatic heterocycles. The number of hydrogen-bond acceptors (Lipinski definition) is 3. The minimum atomic E-state index is -0.278. The molecule has 0 N–H and O–H groups in total. The van der Waals surface area contributed by atoms with E-state index in [1.54, 1.807) is 48.5 Å².